The maximum Gasteiger partial charge on any atom is 0.255 e. The number of aryl methyl sites for hydroxylation is 1. The van der Waals surface area contributed by atoms with Crippen LogP contribution in [0.3, 0.4) is 0 Å². The first-order chi connectivity index (χ1) is 13.7. The molecule has 140 valence electrons. The van der Waals surface area contributed by atoms with Crippen LogP contribution in [0.2, 0.25) is 0 Å². The highest BCUT2D eigenvalue weighted by molar-refractivity contribution is 7.98. The van der Waals surface area contributed by atoms with Gasteiger partial charge in [0, 0.05) is 23.2 Å². The molecule has 0 aliphatic carbocycles. The summed E-state index contributed by atoms with van der Waals surface area (Å²) in [5, 5.41) is 4.54. The Kier molecular flexibility index (Phi) is 5.34. The van der Waals surface area contributed by atoms with Gasteiger partial charge in [0.25, 0.3) is 5.56 Å². The van der Waals surface area contributed by atoms with Gasteiger partial charge >= 0.3 is 0 Å². The van der Waals surface area contributed by atoms with Crippen molar-refractivity contribution in [3.63, 3.8) is 0 Å². The molecule has 0 radical (unpaired) electrons. The van der Waals surface area contributed by atoms with E-state index < -0.39 is 0 Å². The van der Waals surface area contributed by atoms with Crippen LogP contribution in [0.5, 0.6) is 0 Å². The van der Waals surface area contributed by atoms with Gasteiger partial charge in [0.15, 0.2) is 5.16 Å². The Balaban J connectivity index is 1.46. The van der Waals surface area contributed by atoms with Gasteiger partial charge < -0.3 is 9.51 Å². The number of nitrogens with one attached hydrogen (secondary N) is 1. The lowest BCUT2D eigenvalue weighted by molar-refractivity contribution is 0.391. The molecule has 0 aliphatic rings. The van der Waals surface area contributed by atoms with Crippen LogP contribution in [0.1, 0.15) is 22.7 Å². The zero-order valence-electron chi connectivity index (χ0n) is 15.3. The summed E-state index contributed by atoms with van der Waals surface area (Å²) < 4.78 is 5.30. The lowest BCUT2D eigenvalue weighted by atomic mass is 10.1. The zero-order valence-corrected chi connectivity index (χ0v) is 16.1. The third-order valence-corrected chi connectivity index (χ3v) is 5.11. The van der Waals surface area contributed by atoms with Crippen LogP contribution < -0.4 is 5.56 Å². The van der Waals surface area contributed by atoms with Crippen molar-refractivity contribution in [1.29, 1.82) is 0 Å². The number of hydrogen-bond donors (Lipinski definition) is 1. The zero-order chi connectivity index (χ0) is 19.3. The van der Waals surface area contributed by atoms with E-state index in [-0.39, 0.29) is 5.56 Å². The third-order valence-electron chi connectivity index (χ3n) is 4.26. The summed E-state index contributed by atoms with van der Waals surface area (Å²) in [4.78, 5) is 24.3. The average molecular weight is 390 g/mol. The third kappa shape index (κ3) is 4.20. The molecule has 28 heavy (non-hydrogen) atoms. The van der Waals surface area contributed by atoms with Crippen molar-refractivity contribution in [2.45, 2.75) is 24.3 Å². The van der Waals surface area contributed by atoms with Crippen molar-refractivity contribution >= 4 is 11.8 Å². The molecule has 0 fully saturated rings. The number of aromatic nitrogens is 4. The predicted molar refractivity (Wildman–Crippen MR) is 108 cm³/mol. The number of nitrogens with zero attached hydrogens (tertiary/aromatic N) is 3. The molecule has 0 bridgehead atoms. The van der Waals surface area contributed by atoms with Gasteiger partial charge in [-0.3, -0.25) is 4.79 Å². The fourth-order valence-electron chi connectivity index (χ4n) is 2.81. The van der Waals surface area contributed by atoms with Gasteiger partial charge in [-0.15, -0.1) is 0 Å². The van der Waals surface area contributed by atoms with E-state index in [1.54, 1.807) is 0 Å². The van der Waals surface area contributed by atoms with Crippen molar-refractivity contribution in [1.82, 2.24) is 20.1 Å². The predicted octanol–water partition coefficient (Wildman–Crippen LogP) is 4.01. The minimum Gasteiger partial charge on any atom is -0.338 e. The molecule has 0 saturated carbocycles. The minimum absolute atomic E-state index is 0.116. The molecule has 0 unspecified atom stereocenters. The Morgan fingerprint density at radius 2 is 1.71 bits per heavy atom. The van der Waals surface area contributed by atoms with Gasteiger partial charge in [-0.25, -0.2) is 4.98 Å². The summed E-state index contributed by atoms with van der Waals surface area (Å²) in [6.07, 6.45) is 0.560. The maximum absolute atomic E-state index is 12.5. The topological polar surface area (TPSA) is 84.7 Å². The first-order valence-corrected chi connectivity index (χ1v) is 9.82. The van der Waals surface area contributed by atoms with Crippen LogP contribution in [0.15, 0.2) is 75.1 Å². The van der Waals surface area contributed by atoms with Crippen LogP contribution in [0.4, 0.5) is 0 Å². The SMILES string of the molecule is Cc1nc(SCc2nc(-c3ccccc3)no2)[nH]c(=O)c1Cc1ccccc1. The van der Waals surface area contributed by atoms with Gasteiger partial charge in [0.1, 0.15) is 0 Å². The van der Waals surface area contributed by atoms with E-state index in [0.29, 0.717) is 34.6 Å². The van der Waals surface area contributed by atoms with Gasteiger partial charge in [0.05, 0.1) is 5.75 Å². The smallest absolute Gasteiger partial charge is 0.255 e. The van der Waals surface area contributed by atoms with Gasteiger partial charge in [0.2, 0.25) is 11.7 Å². The molecular formula is C21H18N4O2S. The number of benzene rings is 2. The Morgan fingerprint density at radius 1 is 1.00 bits per heavy atom. The molecule has 0 spiro atoms. The van der Waals surface area contributed by atoms with E-state index in [4.69, 9.17) is 4.52 Å². The van der Waals surface area contributed by atoms with Crippen LogP contribution in [0, 0.1) is 6.92 Å². The standard InChI is InChI=1S/C21H18N4O2S/c1-14-17(12-15-8-4-2-5-9-15)20(26)24-21(22-14)28-13-18-23-19(25-27-18)16-10-6-3-7-11-16/h2-11H,12-13H2,1H3,(H,22,24,26). The largest absolute Gasteiger partial charge is 0.338 e. The number of aromatic amines is 1. The van der Waals surface area contributed by atoms with Crippen molar-refractivity contribution < 1.29 is 4.52 Å². The van der Waals surface area contributed by atoms with Crippen LogP contribution in [-0.4, -0.2) is 20.1 Å². The highest BCUT2D eigenvalue weighted by Gasteiger charge is 2.12. The van der Waals surface area contributed by atoms with Crippen molar-refractivity contribution in [2.24, 2.45) is 0 Å². The van der Waals surface area contributed by atoms with Crippen LogP contribution in [0.25, 0.3) is 11.4 Å². The molecule has 1 N–H and O–H groups in total. The fourth-order valence-corrected chi connectivity index (χ4v) is 3.55. The minimum atomic E-state index is -0.116. The maximum atomic E-state index is 12.5. The van der Waals surface area contributed by atoms with Gasteiger partial charge in [-0.2, -0.15) is 4.98 Å². The lowest BCUT2D eigenvalue weighted by Crippen LogP contribution is -2.17. The van der Waals surface area contributed by atoms with E-state index in [0.717, 1.165) is 16.8 Å². The van der Waals surface area contributed by atoms with Crippen molar-refractivity contribution in [3.8, 4) is 11.4 Å². The molecule has 4 aromatic rings. The number of hydrogen-bond acceptors (Lipinski definition) is 6. The second-order valence-electron chi connectivity index (χ2n) is 6.26. The van der Waals surface area contributed by atoms with Gasteiger partial charge in [-0.05, 0) is 12.5 Å². The molecule has 6 nitrogen and oxygen atoms in total. The molecule has 2 heterocycles. The fraction of sp³-hybridized carbons (Fsp3) is 0.143. The summed E-state index contributed by atoms with van der Waals surface area (Å²) in [5.41, 5.74) is 3.27. The highest BCUT2D eigenvalue weighted by Crippen LogP contribution is 2.21. The molecule has 0 atom stereocenters. The van der Waals surface area contributed by atoms with Crippen molar-refractivity contribution in [3.05, 3.63) is 93.7 Å². The Morgan fingerprint density at radius 3 is 2.43 bits per heavy atom. The molecule has 2 aromatic heterocycles. The van der Waals surface area contributed by atoms with Crippen LogP contribution in [-0.2, 0) is 12.2 Å². The van der Waals surface area contributed by atoms with E-state index in [1.165, 1.54) is 11.8 Å². The number of rotatable bonds is 6. The van der Waals surface area contributed by atoms with E-state index >= 15 is 0 Å². The summed E-state index contributed by atoms with van der Waals surface area (Å²) in [5.74, 6) is 1.46. The molecule has 7 heteroatoms. The summed E-state index contributed by atoms with van der Waals surface area (Å²) in [6, 6.07) is 19.5. The van der Waals surface area contributed by atoms with E-state index in [2.05, 4.69) is 20.1 Å². The van der Waals surface area contributed by atoms with E-state index in [1.807, 2.05) is 67.6 Å². The average Bonchev–Trinajstić information content (AvgIpc) is 3.20. The summed E-state index contributed by atoms with van der Waals surface area (Å²) in [6.45, 7) is 1.86. The monoisotopic (exact) mass is 390 g/mol. The molecule has 4 rings (SSSR count). The molecule has 0 saturated heterocycles. The first-order valence-electron chi connectivity index (χ1n) is 8.83. The van der Waals surface area contributed by atoms with Crippen molar-refractivity contribution in [2.75, 3.05) is 0 Å². The quantitative estimate of drug-likeness (QED) is 0.395. The normalized spacial score (nSPS) is 10.9. The molecule has 0 aliphatic heterocycles. The second-order valence-corrected chi connectivity index (χ2v) is 7.23. The number of H-pyrrole nitrogens is 1. The summed E-state index contributed by atoms with van der Waals surface area (Å²) in [7, 11) is 0. The van der Waals surface area contributed by atoms with Crippen LogP contribution >= 0.6 is 11.8 Å². The Hall–Kier alpha value is -3.19. The molecule has 0 amide bonds. The molecule has 2 aromatic carbocycles. The lowest BCUT2D eigenvalue weighted by Gasteiger charge is -2.06. The van der Waals surface area contributed by atoms with E-state index in [9.17, 15) is 4.79 Å². The second kappa shape index (κ2) is 8.22. The Labute approximate surface area is 166 Å². The number of thioether (sulfide) groups is 1. The molecular weight excluding hydrogens is 372 g/mol. The first kappa shape index (κ1) is 18.2. The summed E-state index contributed by atoms with van der Waals surface area (Å²) >= 11 is 1.36. The Bertz CT molecular complexity index is 1120. The van der Waals surface area contributed by atoms with Gasteiger partial charge in [-0.1, -0.05) is 77.6 Å². The highest BCUT2D eigenvalue weighted by atomic mass is 32.2.